The summed E-state index contributed by atoms with van der Waals surface area (Å²) in [4.78, 5) is 10.9. The second kappa shape index (κ2) is 5.23. The Morgan fingerprint density at radius 2 is 2.29 bits per heavy atom. The molecule has 0 aliphatic rings. The second-order valence-corrected chi connectivity index (χ2v) is 5.02. The Kier molecular flexibility index (Phi) is 4.53. The maximum absolute atomic E-state index is 11.2. The third kappa shape index (κ3) is 2.55. The van der Waals surface area contributed by atoms with Crippen LogP contribution in [-0.4, -0.2) is 10.9 Å². The van der Waals surface area contributed by atoms with Crippen LogP contribution in [0.25, 0.3) is 0 Å². The van der Waals surface area contributed by atoms with E-state index in [4.69, 9.17) is 5.11 Å². The Bertz CT molecular complexity index is 352. The molecular formula is C10H10BrIO2. The van der Waals surface area contributed by atoms with Gasteiger partial charge in [0.05, 0.1) is 11.4 Å². The number of alkyl halides is 1. The van der Waals surface area contributed by atoms with Crippen molar-refractivity contribution < 1.29 is 9.90 Å². The van der Waals surface area contributed by atoms with Gasteiger partial charge >= 0.3 is 0 Å². The number of carbonyl (C=O) groups is 1. The van der Waals surface area contributed by atoms with E-state index in [-0.39, 0.29) is 17.2 Å². The van der Waals surface area contributed by atoms with Crippen molar-refractivity contribution in [3.05, 3.63) is 32.9 Å². The standard InChI is InChI=1S/C10H10BrIO2/c1-6(14)10(11)9-7(5-13)3-2-4-8(9)12/h2-4,10,13H,5H2,1H3. The lowest BCUT2D eigenvalue weighted by molar-refractivity contribution is -0.116. The van der Waals surface area contributed by atoms with Gasteiger partial charge in [0, 0.05) is 3.57 Å². The number of hydrogen-bond acceptors (Lipinski definition) is 2. The minimum absolute atomic E-state index is 0.0401. The SMILES string of the molecule is CC(=O)C(Br)c1c(I)cccc1CO. The quantitative estimate of drug-likeness (QED) is 0.658. The van der Waals surface area contributed by atoms with Crippen molar-refractivity contribution in [2.75, 3.05) is 0 Å². The van der Waals surface area contributed by atoms with E-state index in [0.717, 1.165) is 14.7 Å². The first kappa shape index (κ1) is 12.1. The Morgan fingerprint density at radius 3 is 2.79 bits per heavy atom. The third-order valence-corrected chi connectivity index (χ3v) is 3.97. The zero-order valence-corrected chi connectivity index (χ0v) is 11.4. The Balaban J connectivity index is 3.23. The summed E-state index contributed by atoms with van der Waals surface area (Å²) in [6, 6.07) is 5.62. The van der Waals surface area contributed by atoms with Crippen LogP contribution in [0.3, 0.4) is 0 Å². The van der Waals surface area contributed by atoms with E-state index in [1.54, 1.807) is 0 Å². The van der Waals surface area contributed by atoms with Gasteiger partial charge in [0.25, 0.3) is 0 Å². The normalized spacial score (nSPS) is 12.6. The number of aliphatic hydroxyl groups is 1. The van der Waals surface area contributed by atoms with Crippen molar-refractivity contribution in [2.24, 2.45) is 0 Å². The molecule has 1 unspecified atom stereocenters. The molecule has 0 amide bonds. The summed E-state index contributed by atoms with van der Waals surface area (Å²) in [6.07, 6.45) is 0. The van der Waals surface area contributed by atoms with Gasteiger partial charge < -0.3 is 5.11 Å². The summed E-state index contributed by atoms with van der Waals surface area (Å²) in [5.41, 5.74) is 1.68. The molecule has 1 atom stereocenters. The average molecular weight is 369 g/mol. The minimum Gasteiger partial charge on any atom is -0.392 e. The molecule has 1 rings (SSSR count). The van der Waals surface area contributed by atoms with Gasteiger partial charge in [-0.25, -0.2) is 0 Å². The number of aliphatic hydroxyl groups excluding tert-OH is 1. The van der Waals surface area contributed by atoms with Crippen molar-refractivity contribution in [1.82, 2.24) is 0 Å². The fourth-order valence-electron chi connectivity index (χ4n) is 1.21. The molecule has 0 saturated carbocycles. The predicted octanol–water partition coefficient (Wildman–Crippen LogP) is 2.81. The van der Waals surface area contributed by atoms with Gasteiger partial charge in [0.15, 0.2) is 0 Å². The first-order valence-corrected chi connectivity index (χ1v) is 6.10. The van der Waals surface area contributed by atoms with E-state index in [1.165, 1.54) is 6.92 Å². The minimum atomic E-state index is -0.322. The lowest BCUT2D eigenvalue weighted by Gasteiger charge is -2.13. The van der Waals surface area contributed by atoms with E-state index < -0.39 is 0 Å². The number of hydrogen-bond donors (Lipinski definition) is 1. The van der Waals surface area contributed by atoms with E-state index in [9.17, 15) is 4.79 Å². The summed E-state index contributed by atoms with van der Waals surface area (Å²) in [5, 5.41) is 9.14. The van der Waals surface area contributed by atoms with Crippen LogP contribution in [0.2, 0.25) is 0 Å². The third-order valence-electron chi connectivity index (χ3n) is 1.92. The van der Waals surface area contributed by atoms with Crippen molar-refractivity contribution >= 4 is 44.3 Å². The fraction of sp³-hybridized carbons (Fsp3) is 0.300. The van der Waals surface area contributed by atoms with Crippen LogP contribution in [0.5, 0.6) is 0 Å². The summed E-state index contributed by atoms with van der Waals surface area (Å²) in [6.45, 7) is 1.49. The molecule has 0 bridgehead atoms. The van der Waals surface area contributed by atoms with E-state index in [1.807, 2.05) is 18.2 Å². The van der Waals surface area contributed by atoms with E-state index in [0.29, 0.717) is 0 Å². The smallest absolute Gasteiger partial charge is 0.147 e. The monoisotopic (exact) mass is 368 g/mol. The summed E-state index contributed by atoms with van der Waals surface area (Å²) in [5.74, 6) is 0.0452. The van der Waals surface area contributed by atoms with Crippen LogP contribution in [-0.2, 0) is 11.4 Å². The largest absolute Gasteiger partial charge is 0.392 e. The molecule has 0 aromatic heterocycles. The zero-order chi connectivity index (χ0) is 10.7. The molecule has 0 aliphatic heterocycles. The van der Waals surface area contributed by atoms with E-state index in [2.05, 4.69) is 38.5 Å². The number of ketones is 1. The average Bonchev–Trinajstić information content (AvgIpc) is 2.16. The summed E-state index contributed by atoms with van der Waals surface area (Å²) >= 11 is 5.49. The molecule has 0 spiro atoms. The van der Waals surface area contributed by atoms with Gasteiger partial charge in [0.1, 0.15) is 5.78 Å². The van der Waals surface area contributed by atoms with Gasteiger partial charge in [-0.2, -0.15) is 0 Å². The molecule has 0 fully saturated rings. The maximum Gasteiger partial charge on any atom is 0.147 e. The topological polar surface area (TPSA) is 37.3 Å². The molecule has 4 heteroatoms. The van der Waals surface area contributed by atoms with Crippen molar-refractivity contribution in [2.45, 2.75) is 18.4 Å². The lowest BCUT2D eigenvalue weighted by atomic mass is 10.0. The van der Waals surface area contributed by atoms with Gasteiger partial charge in [-0.15, -0.1) is 0 Å². The Morgan fingerprint density at radius 1 is 1.64 bits per heavy atom. The molecular weight excluding hydrogens is 359 g/mol. The van der Waals surface area contributed by atoms with Crippen LogP contribution in [0.1, 0.15) is 22.9 Å². The van der Waals surface area contributed by atoms with E-state index >= 15 is 0 Å². The second-order valence-electron chi connectivity index (χ2n) is 2.94. The van der Waals surface area contributed by atoms with Gasteiger partial charge in [-0.3, -0.25) is 4.79 Å². The highest BCUT2D eigenvalue weighted by Gasteiger charge is 2.18. The molecule has 0 radical (unpaired) electrons. The lowest BCUT2D eigenvalue weighted by Crippen LogP contribution is -2.07. The van der Waals surface area contributed by atoms with Crippen LogP contribution in [0.15, 0.2) is 18.2 Å². The molecule has 76 valence electrons. The number of carbonyl (C=O) groups excluding carboxylic acids is 1. The first-order chi connectivity index (χ1) is 6.57. The number of benzene rings is 1. The summed E-state index contributed by atoms with van der Waals surface area (Å²) < 4.78 is 0.992. The van der Waals surface area contributed by atoms with Crippen LogP contribution < -0.4 is 0 Å². The van der Waals surface area contributed by atoms with Crippen LogP contribution in [0.4, 0.5) is 0 Å². The molecule has 14 heavy (non-hydrogen) atoms. The highest BCUT2D eigenvalue weighted by Crippen LogP contribution is 2.31. The Labute approximate surface area is 105 Å². The Hall–Kier alpha value is 0.0600. The molecule has 2 nitrogen and oxygen atoms in total. The maximum atomic E-state index is 11.2. The molecule has 0 aliphatic carbocycles. The molecule has 0 saturated heterocycles. The van der Waals surface area contributed by atoms with Crippen LogP contribution in [0, 0.1) is 3.57 Å². The highest BCUT2D eigenvalue weighted by molar-refractivity contribution is 14.1. The van der Waals surface area contributed by atoms with Crippen molar-refractivity contribution in [1.29, 1.82) is 0 Å². The highest BCUT2D eigenvalue weighted by atomic mass is 127. The zero-order valence-electron chi connectivity index (χ0n) is 7.63. The number of Topliss-reactive ketones (excluding diaryl/α,β-unsaturated/α-hetero) is 1. The molecule has 1 aromatic carbocycles. The molecule has 0 heterocycles. The van der Waals surface area contributed by atoms with Gasteiger partial charge in [0.2, 0.25) is 0 Å². The fourth-order valence-corrected chi connectivity index (χ4v) is 3.04. The predicted molar refractivity (Wildman–Crippen MR) is 67.4 cm³/mol. The molecule has 1 N–H and O–H groups in total. The first-order valence-electron chi connectivity index (χ1n) is 4.10. The number of halogens is 2. The van der Waals surface area contributed by atoms with Gasteiger partial charge in [-0.1, -0.05) is 28.1 Å². The number of rotatable bonds is 3. The molecule has 1 aromatic rings. The van der Waals surface area contributed by atoms with Gasteiger partial charge in [-0.05, 0) is 46.7 Å². The summed E-state index contributed by atoms with van der Waals surface area (Å²) in [7, 11) is 0. The van der Waals surface area contributed by atoms with Crippen molar-refractivity contribution in [3.63, 3.8) is 0 Å². The van der Waals surface area contributed by atoms with Crippen LogP contribution >= 0.6 is 38.5 Å². The van der Waals surface area contributed by atoms with Crippen molar-refractivity contribution in [3.8, 4) is 0 Å².